The van der Waals surface area contributed by atoms with Crippen LogP contribution in [0.5, 0.6) is 0 Å². The van der Waals surface area contributed by atoms with Gasteiger partial charge in [0.2, 0.25) is 0 Å². The van der Waals surface area contributed by atoms with Crippen LogP contribution in [0.15, 0.2) is 18.2 Å². The van der Waals surface area contributed by atoms with Crippen LogP contribution in [-0.2, 0) is 6.18 Å². The zero-order valence-corrected chi connectivity index (χ0v) is 10.5. The van der Waals surface area contributed by atoms with Crippen molar-refractivity contribution in [3.05, 3.63) is 29.3 Å². The molecule has 1 rings (SSSR count). The molecular formula is C10H12Cl2F3NO. The van der Waals surface area contributed by atoms with Crippen LogP contribution in [0.2, 0.25) is 0 Å². The van der Waals surface area contributed by atoms with Gasteiger partial charge in [-0.05, 0) is 18.2 Å². The molecular weight excluding hydrogens is 278 g/mol. The van der Waals surface area contributed by atoms with Crippen molar-refractivity contribution in [3.8, 4) is 0 Å². The van der Waals surface area contributed by atoms with E-state index in [-0.39, 0.29) is 42.5 Å². The highest BCUT2D eigenvalue weighted by atomic mass is 35.5. The molecule has 0 saturated heterocycles. The van der Waals surface area contributed by atoms with Crippen molar-refractivity contribution in [2.45, 2.75) is 19.5 Å². The smallest absolute Gasteiger partial charge is 0.399 e. The van der Waals surface area contributed by atoms with Gasteiger partial charge >= 0.3 is 6.18 Å². The minimum Gasteiger partial charge on any atom is -0.399 e. The first-order chi connectivity index (χ1) is 6.86. The summed E-state index contributed by atoms with van der Waals surface area (Å²) in [5.74, 6) is -0.540. The molecule has 0 heterocycles. The average molecular weight is 290 g/mol. The van der Waals surface area contributed by atoms with Crippen molar-refractivity contribution >= 4 is 36.3 Å². The summed E-state index contributed by atoms with van der Waals surface area (Å²) >= 11 is 0. The lowest BCUT2D eigenvalue weighted by Gasteiger charge is -2.12. The first-order valence-corrected chi connectivity index (χ1v) is 4.36. The summed E-state index contributed by atoms with van der Waals surface area (Å²) < 4.78 is 37.6. The second kappa shape index (κ2) is 6.71. The van der Waals surface area contributed by atoms with E-state index in [0.717, 1.165) is 12.1 Å². The van der Waals surface area contributed by atoms with Gasteiger partial charge < -0.3 is 5.73 Å². The van der Waals surface area contributed by atoms with Crippen LogP contribution in [0.1, 0.15) is 29.3 Å². The maximum atomic E-state index is 12.5. The number of anilines is 1. The third kappa shape index (κ3) is 4.44. The Labute approximate surface area is 109 Å². The Kier molecular flexibility index (Phi) is 7.28. The standard InChI is InChI=1S/C10H10F3NO.2ClH/c1-2-9(15)7-4-3-6(14)5-8(7)10(11,12)13;;/h3-5H,2,14H2,1H3;2*1H. The number of carbonyl (C=O) groups excluding carboxylic acids is 1. The van der Waals surface area contributed by atoms with Crippen LogP contribution in [0.3, 0.4) is 0 Å². The highest BCUT2D eigenvalue weighted by Crippen LogP contribution is 2.33. The number of nitrogen functional groups attached to an aromatic ring is 1. The molecule has 0 amide bonds. The van der Waals surface area contributed by atoms with Crippen molar-refractivity contribution in [1.29, 1.82) is 0 Å². The predicted molar refractivity (Wildman–Crippen MR) is 65.0 cm³/mol. The molecule has 1 aromatic rings. The number of benzene rings is 1. The molecule has 0 aliphatic heterocycles. The molecule has 0 aromatic heterocycles. The van der Waals surface area contributed by atoms with Gasteiger partial charge in [-0.3, -0.25) is 4.79 Å². The fourth-order valence-electron chi connectivity index (χ4n) is 1.23. The van der Waals surface area contributed by atoms with Gasteiger partial charge in [-0.1, -0.05) is 6.92 Å². The molecule has 1 aromatic carbocycles. The normalized spacial score (nSPS) is 10.1. The van der Waals surface area contributed by atoms with E-state index in [0.29, 0.717) is 0 Å². The number of rotatable bonds is 2. The molecule has 98 valence electrons. The molecule has 17 heavy (non-hydrogen) atoms. The molecule has 0 aliphatic carbocycles. The first kappa shape index (κ1) is 18.4. The lowest BCUT2D eigenvalue weighted by Crippen LogP contribution is -2.13. The van der Waals surface area contributed by atoms with Gasteiger partial charge in [0.05, 0.1) is 5.56 Å². The fraction of sp³-hybridized carbons (Fsp3) is 0.300. The molecule has 0 atom stereocenters. The van der Waals surface area contributed by atoms with Gasteiger partial charge in [-0.2, -0.15) is 13.2 Å². The van der Waals surface area contributed by atoms with Crippen LogP contribution in [0.4, 0.5) is 18.9 Å². The molecule has 0 aliphatic rings. The van der Waals surface area contributed by atoms with E-state index in [1.54, 1.807) is 0 Å². The van der Waals surface area contributed by atoms with E-state index in [1.807, 2.05) is 0 Å². The second-order valence-corrected chi connectivity index (χ2v) is 3.08. The van der Waals surface area contributed by atoms with E-state index in [9.17, 15) is 18.0 Å². The van der Waals surface area contributed by atoms with Crippen molar-refractivity contribution in [2.75, 3.05) is 5.73 Å². The molecule has 0 bridgehead atoms. The topological polar surface area (TPSA) is 43.1 Å². The van der Waals surface area contributed by atoms with E-state index in [1.165, 1.54) is 13.0 Å². The molecule has 0 unspecified atom stereocenters. The van der Waals surface area contributed by atoms with Gasteiger partial charge in [0, 0.05) is 17.7 Å². The fourth-order valence-corrected chi connectivity index (χ4v) is 1.23. The Morgan fingerprint density at radius 2 is 1.82 bits per heavy atom. The van der Waals surface area contributed by atoms with Crippen LogP contribution >= 0.6 is 24.8 Å². The Bertz CT molecular complexity index is 394. The van der Waals surface area contributed by atoms with Crippen molar-refractivity contribution in [3.63, 3.8) is 0 Å². The molecule has 2 N–H and O–H groups in total. The van der Waals surface area contributed by atoms with Crippen LogP contribution < -0.4 is 5.73 Å². The number of alkyl halides is 3. The number of Topliss-reactive ketones (excluding diaryl/α,β-unsaturated/α-hetero) is 1. The molecule has 0 spiro atoms. The Balaban J connectivity index is 0. The Hall–Kier alpha value is -0.940. The molecule has 0 fully saturated rings. The highest BCUT2D eigenvalue weighted by Gasteiger charge is 2.34. The maximum Gasteiger partial charge on any atom is 0.417 e. The van der Waals surface area contributed by atoms with Gasteiger partial charge in [0.15, 0.2) is 5.78 Å². The minimum atomic E-state index is -4.55. The Morgan fingerprint density at radius 1 is 1.29 bits per heavy atom. The van der Waals surface area contributed by atoms with Gasteiger partial charge in [-0.15, -0.1) is 24.8 Å². The van der Waals surface area contributed by atoms with E-state index in [4.69, 9.17) is 5.73 Å². The largest absolute Gasteiger partial charge is 0.417 e. The van der Waals surface area contributed by atoms with Crippen molar-refractivity contribution < 1.29 is 18.0 Å². The van der Waals surface area contributed by atoms with Crippen LogP contribution in [0.25, 0.3) is 0 Å². The second-order valence-electron chi connectivity index (χ2n) is 3.08. The Morgan fingerprint density at radius 3 is 2.24 bits per heavy atom. The molecule has 7 heteroatoms. The quantitative estimate of drug-likeness (QED) is 0.666. The third-order valence-electron chi connectivity index (χ3n) is 1.97. The number of hydrogen-bond acceptors (Lipinski definition) is 2. The number of ketones is 1. The highest BCUT2D eigenvalue weighted by molar-refractivity contribution is 5.97. The average Bonchev–Trinajstić information content (AvgIpc) is 2.15. The first-order valence-electron chi connectivity index (χ1n) is 4.36. The van der Waals surface area contributed by atoms with Gasteiger partial charge in [0.1, 0.15) is 0 Å². The van der Waals surface area contributed by atoms with E-state index in [2.05, 4.69) is 0 Å². The lowest BCUT2D eigenvalue weighted by molar-refractivity contribution is -0.137. The lowest BCUT2D eigenvalue weighted by atomic mass is 10.0. The summed E-state index contributed by atoms with van der Waals surface area (Å²) in [6.45, 7) is 1.51. The number of halogens is 5. The summed E-state index contributed by atoms with van der Waals surface area (Å²) in [7, 11) is 0. The summed E-state index contributed by atoms with van der Waals surface area (Å²) in [4.78, 5) is 11.3. The number of carbonyl (C=O) groups is 1. The maximum absolute atomic E-state index is 12.5. The summed E-state index contributed by atoms with van der Waals surface area (Å²) in [5.41, 5.74) is 3.97. The van der Waals surface area contributed by atoms with E-state index >= 15 is 0 Å². The zero-order valence-electron chi connectivity index (χ0n) is 8.88. The SMILES string of the molecule is CCC(=O)c1ccc(N)cc1C(F)(F)F.Cl.Cl. The molecule has 0 radical (unpaired) electrons. The van der Waals surface area contributed by atoms with Crippen molar-refractivity contribution in [2.24, 2.45) is 0 Å². The van der Waals surface area contributed by atoms with E-state index < -0.39 is 17.5 Å². The summed E-state index contributed by atoms with van der Waals surface area (Å²) in [6, 6.07) is 3.19. The minimum absolute atomic E-state index is 0. The molecule has 0 saturated carbocycles. The number of hydrogen-bond donors (Lipinski definition) is 1. The van der Waals surface area contributed by atoms with Crippen LogP contribution in [0, 0.1) is 0 Å². The number of nitrogens with two attached hydrogens (primary N) is 1. The monoisotopic (exact) mass is 289 g/mol. The summed E-state index contributed by atoms with van der Waals surface area (Å²) in [5, 5.41) is 0. The predicted octanol–water partition coefficient (Wildman–Crippen LogP) is 3.72. The summed E-state index contributed by atoms with van der Waals surface area (Å²) in [6.07, 6.45) is -4.51. The van der Waals surface area contributed by atoms with Crippen molar-refractivity contribution in [1.82, 2.24) is 0 Å². The molecule has 2 nitrogen and oxygen atoms in total. The van der Waals surface area contributed by atoms with Crippen LogP contribution in [-0.4, -0.2) is 5.78 Å². The zero-order chi connectivity index (χ0) is 11.6. The van der Waals surface area contributed by atoms with Gasteiger partial charge in [-0.25, -0.2) is 0 Å². The third-order valence-corrected chi connectivity index (χ3v) is 1.97. The van der Waals surface area contributed by atoms with Gasteiger partial charge in [0.25, 0.3) is 0 Å².